The molecule has 3 heteroatoms. The van der Waals surface area contributed by atoms with Crippen LogP contribution in [0.5, 0.6) is 0 Å². The summed E-state index contributed by atoms with van der Waals surface area (Å²) < 4.78 is 0. The van der Waals surface area contributed by atoms with Crippen LogP contribution in [0.15, 0.2) is 41.8 Å². The van der Waals surface area contributed by atoms with Gasteiger partial charge >= 0.3 is 0 Å². The molecule has 0 spiro atoms. The van der Waals surface area contributed by atoms with E-state index in [-0.39, 0.29) is 5.91 Å². The van der Waals surface area contributed by atoms with Gasteiger partial charge in [0.25, 0.3) is 0 Å². The first-order valence-corrected chi connectivity index (χ1v) is 5.55. The summed E-state index contributed by atoms with van der Waals surface area (Å²) in [6, 6.07) is 11.5. The Morgan fingerprint density at radius 2 is 2.00 bits per heavy atom. The molecule has 0 bridgehead atoms. The van der Waals surface area contributed by atoms with Crippen LogP contribution in [0.4, 0.5) is 0 Å². The van der Waals surface area contributed by atoms with Crippen LogP contribution >= 0.6 is 11.3 Å². The molecule has 0 unspecified atom stereocenters. The summed E-state index contributed by atoms with van der Waals surface area (Å²) in [4.78, 5) is 12.4. The minimum absolute atomic E-state index is 0.359. The fraction of sp³-hybridized carbons (Fsp3) is 0.0833. The van der Waals surface area contributed by atoms with E-state index in [1.165, 1.54) is 4.88 Å². The van der Waals surface area contributed by atoms with Crippen molar-refractivity contribution in [3.8, 4) is 0 Å². The number of primary amides is 1. The van der Waals surface area contributed by atoms with E-state index < -0.39 is 0 Å². The molecule has 0 aliphatic heterocycles. The van der Waals surface area contributed by atoms with Gasteiger partial charge in [0.05, 0.1) is 0 Å². The molecule has 0 saturated heterocycles. The maximum atomic E-state index is 11.2. The number of benzene rings is 1. The molecule has 76 valence electrons. The molecule has 0 aliphatic carbocycles. The van der Waals surface area contributed by atoms with Crippen molar-refractivity contribution >= 4 is 17.2 Å². The lowest BCUT2D eigenvalue weighted by Crippen LogP contribution is -2.13. The van der Waals surface area contributed by atoms with Crippen LogP contribution in [0.3, 0.4) is 0 Å². The van der Waals surface area contributed by atoms with Crippen LogP contribution in [0.25, 0.3) is 0 Å². The lowest BCUT2D eigenvalue weighted by molar-refractivity contribution is 0.0999. The zero-order valence-corrected chi connectivity index (χ0v) is 8.96. The Kier molecular flexibility index (Phi) is 2.83. The summed E-state index contributed by atoms with van der Waals surface area (Å²) in [6.45, 7) is 0. The maximum Gasteiger partial charge on any atom is 0.248 e. The van der Waals surface area contributed by atoms with E-state index in [0.717, 1.165) is 12.0 Å². The Balaban J connectivity index is 2.32. The molecule has 0 atom stereocenters. The molecule has 0 radical (unpaired) electrons. The normalized spacial score (nSPS) is 10.1. The third kappa shape index (κ3) is 2.25. The summed E-state index contributed by atoms with van der Waals surface area (Å²) in [5.74, 6) is -0.359. The highest BCUT2D eigenvalue weighted by molar-refractivity contribution is 7.09. The van der Waals surface area contributed by atoms with Gasteiger partial charge in [-0.3, -0.25) is 4.79 Å². The zero-order chi connectivity index (χ0) is 10.7. The topological polar surface area (TPSA) is 43.1 Å². The van der Waals surface area contributed by atoms with E-state index in [1.807, 2.05) is 29.6 Å². The standard InChI is InChI=1S/C12H11NOS/c13-12(14)11-6-2-1-4-9(11)8-10-5-3-7-15-10/h1-7H,8H2,(H2,13,14). The van der Waals surface area contributed by atoms with Gasteiger partial charge in [0.1, 0.15) is 0 Å². The Labute approximate surface area is 92.4 Å². The molecule has 0 saturated carbocycles. The van der Waals surface area contributed by atoms with Crippen LogP contribution in [0, 0.1) is 0 Å². The Bertz CT molecular complexity index is 462. The molecule has 1 heterocycles. The number of carbonyl (C=O) groups excluding carboxylic acids is 1. The molecule has 1 amide bonds. The van der Waals surface area contributed by atoms with Crippen LogP contribution in [0.1, 0.15) is 20.8 Å². The molecule has 2 rings (SSSR count). The third-order valence-corrected chi connectivity index (χ3v) is 3.10. The first-order valence-electron chi connectivity index (χ1n) is 4.67. The number of hydrogen-bond acceptors (Lipinski definition) is 2. The number of carbonyl (C=O) groups is 1. The Morgan fingerprint density at radius 1 is 1.20 bits per heavy atom. The van der Waals surface area contributed by atoms with Crippen molar-refractivity contribution in [2.45, 2.75) is 6.42 Å². The van der Waals surface area contributed by atoms with Gasteiger partial charge in [-0.1, -0.05) is 24.3 Å². The molecular formula is C12H11NOS. The molecule has 2 aromatic rings. The smallest absolute Gasteiger partial charge is 0.248 e. The molecule has 2 nitrogen and oxygen atoms in total. The molecule has 1 aromatic heterocycles. The predicted molar refractivity (Wildman–Crippen MR) is 62.1 cm³/mol. The molecule has 0 fully saturated rings. The lowest BCUT2D eigenvalue weighted by Gasteiger charge is -2.04. The van der Waals surface area contributed by atoms with Gasteiger partial charge in [-0.25, -0.2) is 0 Å². The van der Waals surface area contributed by atoms with Crippen LogP contribution < -0.4 is 5.73 Å². The number of hydrogen-bond donors (Lipinski definition) is 1. The van der Waals surface area contributed by atoms with E-state index in [9.17, 15) is 4.79 Å². The second kappa shape index (κ2) is 4.28. The third-order valence-electron chi connectivity index (χ3n) is 2.23. The number of thiophene rings is 1. The fourth-order valence-electron chi connectivity index (χ4n) is 1.52. The van der Waals surface area contributed by atoms with E-state index in [4.69, 9.17) is 5.73 Å². The molecule has 1 aromatic carbocycles. The van der Waals surface area contributed by atoms with Gasteiger partial charge in [-0.15, -0.1) is 11.3 Å². The van der Waals surface area contributed by atoms with E-state index in [1.54, 1.807) is 17.4 Å². The Morgan fingerprint density at radius 3 is 2.67 bits per heavy atom. The highest BCUT2D eigenvalue weighted by Crippen LogP contribution is 2.17. The van der Waals surface area contributed by atoms with Gasteiger partial charge in [-0.2, -0.15) is 0 Å². The summed E-state index contributed by atoms with van der Waals surface area (Å²) in [7, 11) is 0. The van der Waals surface area contributed by atoms with Crippen LogP contribution in [0.2, 0.25) is 0 Å². The lowest BCUT2D eigenvalue weighted by atomic mass is 10.0. The van der Waals surface area contributed by atoms with Crippen molar-refractivity contribution < 1.29 is 4.79 Å². The van der Waals surface area contributed by atoms with E-state index >= 15 is 0 Å². The van der Waals surface area contributed by atoms with Gasteiger partial charge in [-0.05, 0) is 23.1 Å². The predicted octanol–water partition coefficient (Wildman–Crippen LogP) is 2.44. The van der Waals surface area contributed by atoms with Crippen LogP contribution in [-0.2, 0) is 6.42 Å². The number of amides is 1. The average Bonchev–Trinajstić information content (AvgIpc) is 2.71. The summed E-state index contributed by atoms with van der Waals surface area (Å²) in [5.41, 5.74) is 6.92. The minimum atomic E-state index is -0.359. The van der Waals surface area contributed by atoms with Gasteiger partial charge in [0.2, 0.25) is 5.91 Å². The summed E-state index contributed by atoms with van der Waals surface area (Å²) in [5, 5.41) is 2.03. The van der Waals surface area contributed by atoms with E-state index in [0.29, 0.717) is 5.56 Å². The van der Waals surface area contributed by atoms with E-state index in [2.05, 4.69) is 6.07 Å². The molecule has 0 aliphatic rings. The SMILES string of the molecule is NC(=O)c1ccccc1Cc1cccs1. The quantitative estimate of drug-likeness (QED) is 0.843. The largest absolute Gasteiger partial charge is 0.366 e. The number of rotatable bonds is 3. The van der Waals surface area contributed by atoms with Crippen molar-refractivity contribution in [1.82, 2.24) is 0 Å². The van der Waals surface area contributed by atoms with Gasteiger partial charge in [0, 0.05) is 16.9 Å². The molecule has 2 N–H and O–H groups in total. The molecular weight excluding hydrogens is 206 g/mol. The van der Waals surface area contributed by atoms with Crippen molar-refractivity contribution in [3.05, 3.63) is 57.8 Å². The first kappa shape index (κ1) is 9.93. The van der Waals surface area contributed by atoms with Crippen molar-refractivity contribution in [2.75, 3.05) is 0 Å². The fourth-order valence-corrected chi connectivity index (χ4v) is 2.24. The average molecular weight is 217 g/mol. The maximum absolute atomic E-state index is 11.2. The minimum Gasteiger partial charge on any atom is -0.366 e. The summed E-state index contributed by atoms with van der Waals surface area (Å²) in [6.07, 6.45) is 0.775. The van der Waals surface area contributed by atoms with Crippen molar-refractivity contribution in [2.24, 2.45) is 5.73 Å². The summed E-state index contributed by atoms with van der Waals surface area (Å²) >= 11 is 1.69. The zero-order valence-electron chi connectivity index (χ0n) is 8.14. The monoisotopic (exact) mass is 217 g/mol. The second-order valence-electron chi connectivity index (χ2n) is 3.28. The van der Waals surface area contributed by atoms with Crippen molar-refractivity contribution in [1.29, 1.82) is 0 Å². The van der Waals surface area contributed by atoms with Crippen molar-refractivity contribution in [3.63, 3.8) is 0 Å². The van der Waals surface area contributed by atoms with Gasteiger partial charge < -0.3 is 5.73 Å². The second-order valence-corrected chi connectivity index (χ2v) is 4.31. The molecule has 15 heavy (non-hydrogen) atoms. The van der Waals surface area contributed by atoms with Gasteiger partial charge in [0.15, 0.2) is 0 Å². The Hall–Kier alpha value is -1.61. The highest BCUT2D eigenvalue weighted by atomic mass is 32.1. The highest BCUT2D eigenvalue weighted by Gasteiger charge is 2.07. The number of nitrogens with two attached hydrogens (primary N) is 1. The first-order chi connectivity index (χ1) is 7.27. The van der Waals surface area contributed by atoms with Crippen LogP contribution in [-0.4, -0.2) is 5.91 Å².